The van der Waals surface area contributed by atoms with E-state index in [1.807, 2.05) is 0 Å². The van der Waals surface area contributed by atoms with Crippen molar-refractivity contribution in [1.82, 2.24) is 0 Å². The van der Waals surface area contributed by atoms with Gasteiger partial charge in [0.2, 0.25) is 0 Å². The molecule has 0 aliphatic heterocycles. The van der Waals surface area contributed by atoms with E-state index in [4.69, 9.17) is 0 Å². The quantitative estimate of drug-likeness (QED) is 0.525. The molecule has 0 aliphatic carbocycles. The summed E-state index contributed by atoms with van der Waals surface area (Å²) in [5, 5.41) is 0. The molecule has 0 fully saturated rings. The zero-order chi connectivity index (χ0) is 0. The van der Waals surface area contributed by atoms with Crippen LogP contribution in [0.2, 0.25) is 0 Å². The molecule has 0 aromatic heterocycles. The van der Waals surface area contributed by atoms with Gasteiger partial charge in [0.25, 0.3) is 0 Å². The fourth-order valence-corrected chi connectivity index (χ4v) is 0. The minimum Gasteiger partial charge on any atom is -1.00 e. The molecule has 0 aliphatic rings. The smallest absolute Gasteiger partial charge is 1.00 e. The van der Waals surface area contributed by atoms with Crippen LogP contribution >= 0.6 is 0 Å². The largest absolute Gasteiger partial charge is 2.00 e. The summed E-state index contributed by atoms with van der Waals surface area (Å²) in [5.74, 6) is 0. The maximum absolute atomic E-state index is 0. The van der Waals surface area contributed by atoms with Gasteiger partial charge in [-0.1, -0.05) is 0 Å². The number of hydrogen-bond acceptors (Lipinski definition) is 0. The van der Waals surface area contributed by atoms with E-state index in [1.165, 1.54) is 0 Å². The van der Waals surface area contributed by atoms with Crippen molar-refractivity contribution in [1.29, 1.82) is 0 Å². The molecule has 0 saturated carbocycles. The van der Waals surface area contributed by atoms with E-state index in [1.54, 1.807) is 0 Å². The fraction of sp³-hybridized carbons (Fsp3) is 0. The van der Waals surface area contributed by atoms with E-state index in [0.717, 1.165) is 0 Å². The van der Waals surface area contributed by atoms with Crippen LogP contribution in [0.15, 0.2) is 0 Å². The molecular weight excluding hydrogens is 330 g/mol. The molecule has 0 unspecified atom stereocenters. The Morgan fingerprint density at radius 3 is 1.25 bits per heavy atom. The maximum Gasteiger partial charge on any atom is 2.00 e. The summed E-state index contributed by atoms with van der Waals surface area (Å²) >= 11 is 0. The summed E-state index contributed by atoms with van der Waals surface area (Å²) in [7, 11) is 0. The van der Waals surface area contributed by atoms with Gasteiger partial charge in [-0.15, -0.1) is 0 Å². The van der Waals surface area contributed by atoms with Crippen molar-refractivity contribution in [2.75, 3.05) is 0 Å². The van der Waals surface area contributed by atoms with Crippen LogP contribution in [0.5, 0.6) is 0 Å². The van der Waals surface area contributed by atoms with Gasteiger partial charge in [0.05, 0.1) is 0 Å². The predicted octanol–water partition coefficient (Wildman–Crippen LogP) is -0.470. The minimum atomic E-state index is 0. The van der Waals surface area contributed by atoms with E-state index >= 15 is 0 Å². The van der Waals surface area contributed by atoms with Gasteiger partial charge in [-0.3, -0.25) is 0 Å². The van der Waals surface area contributed by atoms with Crippen LogP contribution < -0.4 is 0 Å². The molecule has 0 radical (unpaired) electrons. The summed E-state index contributed by atoms with van der Waals surface area (Å²) in [6.45, 7) is 0. The summed E-state index contributed by atoms with van der Waals surface area (Å²) in [5.41, 5.74) is 0. The first-order valence-electron chi connectivity index (χ1n) is 0. The van der Waals surface area contributed by atoms with Gasteiger partial charge in [-0.25, -0.2) is 0 Å². The molecule has 0 rings (SSSR count). The third-order valence-corrected chi connectivity index (χ3v) is 0. The van der Waals surface area contributed by atoms with Gasteiger partial charge in [-0.2, -0.15) is 0 Å². The first-order chi connectivity index (χ1) is 0. The monoisotopic (exact) mass is 336 g/mol. The molecule has 0 nitrogen and oxygen atoms in total. The van der Waals surface area contributed by atoms with Crippen molar-refractivity contribution >= 4 is 132 Å². The Hall–Kier alpha value is 4.94. The van der Waals surface area contributed by atoms with Gasteiger partial charge >= 0.3 is 132 Å². The van der Waals surface area contributed by atoms with E-state index in [-0.39, 0.29) is 160 Å². The van der Waals surface area contributed by atoms with E-state index < -0.39 is 0 Å². The number of rotatable bonds is 0. The summed E-state index contributed by atoms with van der Waals surface area (Å²) in [6.07, 6.45) is 0. The van der Waals surface area contributed by atoms with Gasteiger partial charge < -0.3 is 8.56 Å². The van der Waals surface area contributed by atoms with Crippen molar-refractivity contribution in [3.8, 4) is 0 Å². The standard InChI is InChI=1S/Ba.Ca.Sr.Zn.6H/q3*+2;;6*-1. The topological polar surface area (TPSA) is 0 Å². The van der Waals surface area contributed by atoms with Crippen LogP contribution in [0.4, 0.5) is 0 Å². The molecule has 0 aromatic rings. The van der Waals surface area contributed by atoms with Gasteiger partial charge in [0.15, 0.2) is 0 Å². The van der Waals surface area contributed by atoms with Crippen LogP contribution in [0.1, 0.15) is 8.56 Å². The van der Waals surface area contributed by atoms with Crippen LogP contribution in [0, 0.1) is 0 Å². The second kappa shape index (κ2) is 15.7. The molecule has 0 amide bonds. The normalized spacial score (nSPS) is 0. The molecule has 14 valence electrons. The van der Waals surface area contributed by atoms with Crippen molar-refractivity contribution in [3.63, 3.8) is 0 Å². The third kappa shape index (κ3) is 10.0. The Labute approximate surface area is 155 Å². The number of hydrogen-bond donors (Lipinski definition) is 0. The maximum atomic E-state index is 0. The second-order valence-electron chi connectivity index (χ2n) is 0. The van der Waals surface area contributed by atoms with Crippen molar-refractivity contribution in [2.24, 2.45) is 0 Å². The molecular formula is H6BaCaSrZn. The Morgan fingerprint density at radius 2 is 1.25 bits per heavy atom. The van der Waals surface area contributed by atoms with Crippen LogP contribution in [0.3, 0.4) is 0 Å². The molecule has 4 heteroatoms. The molecule has 0 bridgehead atoms. The first-order valence-corrected chi connectivity index (χ1v) is 0. The Balaban J connectivity index is 0. The van der Waals surface area contributed by atoms with Crippen molar-refractivity contribution in [3.05, 3.63) is 0 Å². The summed E-state index contributed by atoms with van der Waals surface area (Å²) < 4.78 is 0. The molecule has 4 heavy (non-hydrogen) atoms. The van der Waals surface area contributed by atoms with Crippen LogP contribution in [-0.4, -0.2) is 132 Å². The third-order valence-electron chi connectivity index (χ3n) is 0. The summed E-state index contributed by atoms with van der Waals surface area (Å²) in [4.78, 5) is 0. The zero-order valence-corrected chi connectivity index (χ0v) is 15.9. The Bertz CT molecular complexity index is 17.7. The van der Waals surface area contributed by atoms with Crippen molar-refractivity contribution < 1.29 is 28.0 Å². The van der Waals surface area contributed by atoms with Gasteiger partial charge in [0.1, 0.15) is 0 Å². The predicted molar refractivity (Wildman–Crippen MR) is 23.9 cm³/mol. The second-order valence-corrected chi connectivity index (χ2v) is 0. The Kier molecular flexibility index (Phi) is 90.5. The van der Waals surface area contributed by atoms with E-state index in [9.17, 15) is 0 Å². The molecule has 0 saturated heterocycles. The average molecular weight is 336 g/mol. The summed E-state index contributed by atoms with van der Waals surface area (Å²) in [6, 6.07) is 0. The molecule has 0 heterocycles. The van der Waals surface area contributed by atoms with Crippen LogP contribution in [-0.2, 0) is 19.5 Å². The minimum absolute atomic E-state index is 0. The SMILES string of the molecule is [Ba+2].[Ca+2].[H-].[H-].[H-].[H-].[H-].[H-].[Sr+2].[Zn]. The molecule has 0 spiro atoms. The average Bonchev–Trinajstić information content (AvgIpc) is 0. The first kappa shape index (κ1) is 23.1. The van der Waals surface area contributed by atoms with E-state index in [0.29, 0.717) is 0 Å². The zero-order valence-electron chi connectivity index (χ0n) is 8.83. The van der Waals surface area contributed by atoms with Gasteiger partial charge in [-0.05, 0) is 0 Å². The molecule has 0 atom stereocenters. The van der Waals surface area contributed by atoms with Crippen molar-refractivity contribution in [2.45, 2.75) is 0 Å². The molecule has 0 N–H and O–H groups in total. The van der Waals surface area contributed by atoms with Crippen LogP contribution in [0.25, 0.3) is 0 Å². The van der Waals surface area contributed by atoms with E-state index in [2.05, 4.69) is 0 Å². The fourth-order valence-electron chi connectivity index (χ4n) is 0. The Morgan fingerprint density at radius 1 is 1.25 bits per heavy atom. The van der Waals surface area contributed by atoms with Gasteiger partial charge in [0, 0.05) is 19.5 Å². The molecule has 0 aromatic carbocycles.